The molecule has 20 heavy (non-hydrogen) atoms. The average molecular weight is 295 g/mol. The van der Waals surface area contributed by atoms with Crippen LogP contribution in [-0.4, -0.2) is 11.0 Å². The van der Waals surface area contributed by atoms with Gasteiger partial charge in [0.1, 0.15) is 0 Å². The van der Waals surface area contributed by atoms with Crippen LogP contribution in [-0.2, 0) is 6.54 Å². The lowest BCUT2D eigenvalue weighted by Gasteiger charge is -2.09. The van der Waals surface area contributed by atoms with Crippen LogP contribution in [0.25, 0.3) is 0 Å². The average Bonchev–Trinajstić information content (AvgIpc) is 2.40. The Morgan fingerprint density at radius 3 is 2.65 bits per heavy atom. The molecule has 2 aromatic carbocycles. The van der Waals surface area contributed by atoms with Crippen molar-refractivity contribution in [1.29, 1.82) is 0 Å². The van der Waals surface area contributed by atoms with Crippen LogP contribution < -0.4 is 11.1 Å². The van der Waals surface area contributed by atoms with E-state index in [1.54, 1.807) is 18.2 Å². The molecule has 0 aliphatic carbocycles. The molecule has 0 fully saturated rings. The number of rotatable bonds is 4. The van der Waals surface area contributed by atoms with Crippen LogP contribution in [0.1, 0.15) is 15.9 Å². The van der Waals surface area contributed by atoms with Crippen LogP contribution in [0.2, 0.25) is 5.02 Å². The molecule has 0 saturated heterocycles. The Hall–Kier alpha value is -2.27. The predicted molar refractivity (Wildman–Crippen MR) is 75.4 cm³/mol. The van der Waals surface area contributed by atoms with Gasteiger partial charge in [0, 0.05) is 12.2 Å². The van der Waals surface area contributed by atoms with Crippen LogP contribution in [0.4, 0.5) is 10.1 Å². The molecule has 0 aliphatic rings. The molecule has 0 unspecified atom stereocenters. The Kier molecular flexibility index (Phi) is 4.10. The van der Waals surface area contributed by atoms with Gasteiger partial charge in [0.05, 0.1) is 10.6 Å². The highest BCUT2D eigenvalue weighted by Gasteiger charge is 2.07. The highest BCUT2D eigenvalue weighted by Crippen LogP contribution is 2.22. The number of primary amides is 1. The van der Waals surface area contributed by atoms with Gasteiger partial charge in [-0.05, 0) is 35.9 Å². The first kappa shape index (κ1) is 14.1. The number of halogens is 2. The summed E-state index contributed by atoms with van der Waals surface area (Å²) in [6.07, 6.45) is 0. The number of benzene rings is 2. The monoisotopic (exact) mass is 294 g/mol. The van der Waals surface area contributed by atoms with Gasteiger partial charge in [-0.3, -0.25) is 4.79 Å². The third-order valence-corrected chi connectivity index (χ3v) is 3.06. The highest BCUT2D eigenvalue weighted by atomic mass is 35.5. The van der Waals surface area contributed by atoms with Gasteiger partial charge in [0.15, 0.2) is 11.6 Å². The summed E-state index contributed by atoms with van der Waals surface area (Å²) in [5, 5.41) is 12.4. The molecule has 1 amide bonds. The summed E-state index contributed by atoms with van der Waals surface area (Å²) in [6.45, 7) is 0.351. The Morgan fingerprint density at radius 2 is 2.05 bits per heavy atom. The fourth-order valence-electron chi connectivity index (χ4n) is 1.69. The fourth-order valence-corrected chi connectivity index (χ4v) is 1.96. The quantitative estimate of drug-likeness (QED) is 0.811. The number of nitrogens with one attached hydrogen (secondary N) is 1. The van der Waals surface area contributed by atoms with Gasteiger partial charge in [-0.1, -0.05) is 17.7 Å². The third-order valence-electron chi connectivity index (χ3n) is 2.74. The Balaban J connectivity index is 2.09. The highest BCUT2D eigenvalue weighted by molar-refractivity contribution is 6.34. The number of aromatic hydroxyl groups is 1. The zero-order chi connectivity index (χ0) is 14.7. The molecule has 0 spiro atoms. The molecule has 0 aliphatic heterocycles. The van der Waals surface area contributed by atoms with E-state index in [9.17, 15) is 9.18 Å². The molecule has 0 bridgehead atoms. The second-order valence-corrected chi connectivity index (χ2v) is 4.61. The van der Waals surface area contributed by atoms with Crippen molar-refractivity contribution in [2.24, 2.45) is 5.73 Å². The normalized spacial score (nSPS) is 10.3. The molecule has 2 aromatic rings. The fraction of sp³-hybridized carbons (Fsp3) is 0.0714. The number of hydrogen-bond acceptors (Lipinski definition) is 3. The minimum absolute atomic E-state index is 0.243. The summed E-state index contributed by atoms with van der Waals surface area (Å²) in [6, 6.07) is 8.87. The minimum atomic E-state index is -0.675. The second kappa shape index (κ2) is 5.79. The SMILES string of the molecule is NC(=O)c1ccc(NCc2ccc(O)c(F)c2)cc1Cl. The number of hydrogen-bond donors (Lipinski definition) is 3. The van der Waals surface area contributed by atoms with E-state index in [4.69, 9.17) is 22.4 Å². The molecule has 0 heterocycles. The van der Waals surface area contributed by atoms with Crippen molar-refractivity contribution < 1.29 is 14.3 Å². The number of amides is 1. The summed E-state index contributed by atoms with van der Waals surface area (Å²) in [5.74, 6) is -1.66. The van der Waals surface area contributed by atoms with Crippen LogP contribution in [0.15, 0.2) is 36.4 Å². The topological polar surface area (TPSA) is 75.4 Å². The molecule has 0 aromatic heterocycles. The third kappa shape index (κ3) is 3.19. The van der Waals surface area contributed by atoms with Crippen LogP contribution >= 0.6 is 11.6 Å². The summed E-state index contributed by atoms with van der Waals surface area (Å²) < 4.78 is 13.2. The largest absolute Gasteiger partial charge is 0.505 e. The van der Waals surface area contributed by atoms with E-state index in [0.29, 0.717) is 17.8 Å². The number of carbonyl (C=O) groups is 1. The van der Waals surface area contributed by atoms with Gasteiger partial charge < -0.3 is 16.2 Å². The van der Waals surface area contributed by atoms with Gasteiger partial charge >= 0.3 is 0 Å². The number of anilines is 1. The first-order chi connectivity index (χ1) is 9.47. The Bertz CT molecular complexity index is 662. The predicted octanol–water partition coefficient (Wildman–Crippen LogP) is 2.90. The molecule has 2 rings (SSSR count). The maximum atomic E-state index is 13.2. The van der Waals surface area contributed by atoms with E-state index in [1.165, 1.54) is 18.2 Å². The standard InChI is InChI=1S/C14H12ClFN2O2/c15-11-6-9(2-3-10(11)14(17)20)18-7-8-1-4-13(19)12(16)5-8/h1-6,18-19H,7H2,(H2,17,20). The van der Waals surface area contributed by atoms with Crippen LogP contribution in [0.5, 0.6) is 5.75 Å². The van der Waals surface area contributed by atoms with Crippen molar-refractivity contribution in [3.63, 3.8) is 0 Å². The minimum Gasteiger partial charge on any atom is -0.505 e. The number of phenols is 1. The van der Waals surface area contributed by atoms with E-state index >= 15 is 0 Å². The zero-order valence-corrected chi connectivity index (χ0v) is 11.1. The van der Waals surface area contributed by atoms with Crippen molar-refractivity contribution >= 4 is 23.2 Å². The molecule has 104 valence electrons. The molecular weight excluding hydrogens is 283 g/mol. The first-order valence-electron chi connectivity index (χ1n) is 5.78. The molecule has 0 saturated carbocycles. The second-order valence-electron chi connectivity index (χ2n) is 4.20. The maximum absolute atomic E-state index is 13.2. The molecule has 4 nitrogen and oxygen atoms in total. The zero-order valence-electron chi connectivity index (χ0n) is 10.4. The Morgan fingerprint density at radius 1 is 1.30 bits per heavy atom. The van der Waals surface area contributed by atoms with Gasteiger partial charge in [-0.25, -0.2) is 4.39 Å². The van der Waals surface area contributed by atoms with E-state index in [0.717, 1.165) is 0 Å². The van der Waals surface area contributed by atoms with E-state index < -0.39 is 11.7 Å². The van der Waals surface area contributed by atoms with Crippen molar-refractivity contribution in [3.05, 3.63) is 58.4 Å². The smallest absolute Gasteiger partial charge is 0.250 e. The summed E-state index contributed by atoms with van der Waals surface area (Å²) in [4.78, 5) is 11.0. The van der Waals surface area contributed by atoms with Gasteiger partial charge in [0.2, 0.25) is 5.91 Å². The first-order valence-corrected chi connectivity index (χ1v) is 6.16. The van der Waals surface area contributed by atoms with Crippen molar-refractivity contribution in [2.45, 2.75) is 6.54 Å². The molecule has 0 atom stereocenters. The molecular formula is C14H12ClFN2O2. The lowest BCUT2D eigenvalue weighted by Crippen LogP contribution is -2.11. The van der Waals surface area contributed by atoms with E-state index in [1.807, 2.05) is 0 Å². The number of carbonyl (C=O) groups excluding carboxylic acids is 1. The van der Waals surface area contributed by atoms with Crippen LogP contribution in [0.3, 0.4) is 0 Å². The molecule has 4 N–H and O–H groups in total. The van der Waals surface area contributed by atoms with Crippen LogP contribution in [0, 0.1) is 5.82 Å². The maximum Gasteiger partial charge on any atom is 0.250 e. The number of nitrogens with two attached hydrogens (primary N) is 1. The van der Waals surface area contributed by atoms with E-state index in [2.05, 4.69) is 5.32 Å². The summed E-state index contributed by atoms with van der Waals surface area (Å²) >= 11 is 5.92. The van der Waals surface area contributed by atoms with Crippen molar-refractivity contribution in [2.75, 3.05) is 5.32 Å². The molecule has 0 radical (unpaired) electrons. The summed E-state index contributed by atoms with van der Waals surface area (Å²) in [7, 11) is 0. The Labute approximate surface area is 120 Å². The summed E-state index contributed by atoms with van der Waals surface area (Å²) in [5.41, 5.74) is 6.73. The van der Waals surface area contributed by atoms with Crippen molar-refractivity contribution in [1.82, 2.24) is 0 Å². The molecule has 6 heteroatoms. The van der Waals surface area contributed by atoms with Gasteiger partial charge in [-0.15, -0.1) is 0 Å². The van der Waals surface area contributed by atoms with Gasteiger partial charge in [0.25, 0.3) is 0 Å². The van der Waals surface area contributed by atoms with Crippen molar-refractivity contribution in [3.8, 4) is 5.75 Å². The number of phenolic OH excluding ortho intramolecular Hbond substituents is 1. The lowest BCUT2D eigenvalue weighted by molar-refractivity contribution is 0.100. The lowest BCUT2D eigenvalue weighted by atomic mass is 10.1. The van der Waals surface area contributed by atoms with Gasteiger partial charge in [-0.2, -0.15) is 0 Å². The van der Waals surface area contributed by atoms with E-state index in [-0.39, 0.29) is 16.3 Å².